The summed E-state index contributed by atoms with van der Waals surface area (Å²) in [7, 11) is 0. The van der Waals surface area contributed by atoms with Gasteiger partial charge in [0.25, 0.3) is 0 Å². The largest absolute Gasteiger partial charge is 0.126 e. The normalized spacial score (nSPS) is 20.8. The second-order valence-corrected chi connectivity index (χ2v) is 3.94. The topological polar surface area (TPSA) is 0 Å². The number of hydrogen-bond donors (Lipinski definition) is 0. The van der Waals surface area contributed by atoms with Crippen molar-refractivity contribution in [2.75, 3.05) is 5.88 Å². The summed E-state index contributed by atoms with van der Waals surface area (Å²) in [5.41, 5.74) is 0.532. The van der Waals surface area contributed by atoms with Crippen molar-refractivity contribution in [3.8, 4) is 0 Å². The maximum Gasteiger partial charge on any atom is 0.0280 e. The van der Waals surface area contributed by atoms with Crippen molar-refractivity contribution in [2.45, 2.75) is 38.5 Å². The van der Waals surface area contributed by atoms with Crippen molar-refractivity contribution in [1.29, 1.82) is 0 Å². The van der Waals surface area contributed by atoms with E-state index in [1.807, 2.05) is 6.08 Å². The molecule has 0 unspecified atom stereocenters. The van der Waals surface area contributed by atoms with Gasteiger partial charge in [0.05, 0.1) is 0 Å². The lowest BCUT2D eigenvalue weighted by Crippen LogP contribution is -2.30. The molecule has 1 aliphatic rings. The van der Waals surface area contributed by atoms with Crippen LogP contribution in [0.15, 0.2) is 12.7 Å². The first kappa shape index (κ1) is 9.12. The summed E-state index contributed by atoms with van der Waals surface area (Å²) in [6, 6.07) is 0. The summed E-state index contributed by atoms with van der Waals surface area (Å²) >= 11 is 5.91. The average molecular weight is 173 g/mol. The maximum absolute atomic E-state index is 5.91. The Kier molecular flexibility index (Phi) is 3.45. The van der Waals surface area contributed by atoms with Crippen LogP contribution in [-0.2, 0) is 0 Å². The zero-order valence-corrected chi connectivity index (χ0v) is 7.87. The van der Waals surface area contributed by atoms with Crippen molar-refractivity contribution in [2.24, 2.45) is 5.41 Å². The third kappa shape index (κ3) is 2.23. The first-order chi connectivity index (χ1) is 5.33. The lowest BCUT2D eigenvalue weighted by molar-refractivity contribution is 0.148. The molecule has 1 rings (SSSR count). The number of hydrogen-bond acceptors (Lipinski definition) is 0. The van der Waals surface area contributed by atoms with Crippen molar-refractivity contribution in [3.05, 3.63) is 12.7 Å². The molecule has 0 aromatic rings. The van der Waals surface area contributed by atoms with E-state index in [1.165, 1.54) is 32.1 Å². The van der Waals surface area contributed by atoms with Gasteiger partial charge in [-0.05, 0) is 37.5 Å². The third-order valence-corrected chi connectivity index (χ3v) is 3.38. The highest BCUT2D eigenvalue weighted by Gasteiger charge is 2.34. The SMILES string of the molecule is C=CCCCC1(CCl)CCC1. The van der Waals surface area contributed by atoms with Gasteiger partial charge in [-0.25, -0.2) is 0 Å². The molecule has 0 spiro atoms. The van der Waals surface area contributed by atoms with Crippen LogP contribution in [0, 0.1) is 5.41 Å². The van der Waals surface area contributed by atoms with Gasteiger partial charge in [-0.2, -0.15) is 0 Å². The molecule has 0 heterocycles. The van der Waals surface area contributed by atoms with E-state index in [-0.39, 0.29) is 0 Å². The highest BCUT2D eigenvalue weighted by molar-refractivity contribution is 6.18. The van der Waals surface area contributed by atoms with Gasteiger partial charge >= 0.3 is 0 Å². The van der Waals surface area contributed by atoms with Gasteiger partial charge in [-0.1, -0.05) is 12.5 Å². The molecule has 64 valence electrons. The van der Waals surface area contributed by atoms with Gasteiger partial charge in [0.1, 0.15) is 0 Å². The Morgan fingerprint density at radius 2 is 2.18 bits per heavy atom. The van der Waals surface area contributed by atoms with E-state index in [9.17, 15) is 0 Å². The van der Waals surface area contributed by atoms with E-state index in [0.29, 0.717) is 5.41 Å². The fourth-order valence-electron chi connectivity index (χ4n) is 1.75. The second-order valence-electron chi connectivity index (χ2n) is 3.67. The van der Waals surface area contributed by atoms with Crippen molar-refractivity contribution in [3.63, 3.8) is 0 Å². The number of allylic oxidation sites excluding steroid dienone is 1. The lowest BCUT2D eigenvalue weighted by Gasteiger charge is -2.40. The van der Waals surface area contributed by atoms with Crippen LogP contribution in [0.1, 0.15) is 38.5 Å². The summed E-state index contributed by atoms with van der Waals surface area (Å²) in [6.07, 6.45) is 9.83. The van der Waals surface area contributed by atoms with Crippen LogP contribution in [0.5, 0.6) is 0 Å². The smallest absolute Gasteiger partial charge is 0.0280 e. The summed E-state index contributed by atoms with van der Waals surface area (Å²) < 4.78 is 0. The predicted molar refractivity (Wildman–Crippen MR) is 51.1 cm³/mol. The van der Waals surface area contributed by atoms with Gasteiger partial charge in [0.15, 0.2) is 0 Å². The zero-order chi connectivity index (χ0) is 8.16. The quantitative estimate of drug-likeness (QED) is 0.337. The van der Waals surface area contributed by atoms with E-state index >= 15 is 0 Å². The Hall–Kier alpha value is 0.0300. The van der Waals surface area contributed by atoms with Gasteiger partial charge in [0, 0.05) is 5.88 Å². The van der Waals surface area contributed by atoms with E-state index in [1.54, 1.807) is 0 Å². The Labute approximate surface area is 74.6 Å². The molecule has 1 fully saturated rings. The number of halogens is 1. The summed E-state index contributed by atoms with van der Waals surface area (Å²) in [4.78, 5) is 0. The van der Waals surface area contributed by atoms with E-state index in [4.69, 9.17) is 11.6 Å². The number of unbranched alkanes of at least 4 members (excludes halogenated alkanes) is 1. The Morgan fingerprint density at radius 1 is 1.45 bits per heavy atom. The molecule has 0 amide bonds. The average Bonchev–Trinajstić information content (AvgIpc) is 1.95. The minimum atomic E-state index is 0.532. The monoisotopic (exact) mass is 172 g/mol. The fraction of sp³-hybridized carbons (Fsp3) is 0.800. The molecule has 0 saturated heterocycles. The molecule has 0 N–H and O–H groups in total. The van der Waals surface area contributed by atoms with Crippen LogP contribution in [0.25, 0.3) is 0 Å². The van der Waals surface area contributed by atoms with Crippen LogP contribution in [-0.4, -0.2) is 5.88 Å². The summed E-state index contributed by atoms with van der Waals surface area (Å²) in [5.74, 6) is 0.865. The molecule has 0 aromatic carbocycles. The standard InChI is InChI=1S/C10H17Cl/c1-2-3-4-6-10(9-11)7-5-8-10/h2H,1,3-9H2. The Bertz CT molecular complexity index is 119. The highest BCUT2D eigenvalue weighted by Crippen LogP contribution is 2.45. The predicted octanol–water partition coefficient (Wildman–Crippen LogP) is 3.75. The zero-order valence-electron chi connectivity index (χ0n) is 7.11. The molecule has 1 aliphatic carbocycles. The Morgan fingerprint density at radius 3 is 2.55 bits per heavy atom. The van der Waals surface area contributed by atoms with Gasteiger partial charge in [-0.3, -0.25) is 0 Å². The van der Waals surface area contributed by atoms with E-state index in [0.717, 1.165) is 12.3 Å². The second kappa shape index (κ2) is 4.15. The van der Waals surface area contributed by atoms with E-state index in [2.05, 4.69) is 6.58 Å². The molecule has 0 nitrogen and oxygen atoms in total. The van der Waals surface area contributed by atoms with Crippen LogP contribution in [0.3, 0.4) is 0 Å². The van der Waals surface area contributed by atoms with Crippen LogP contribution < -0.4 is 0 Å². The lowest BCUT2D eigenvalue weighted by atomic mass is 9.67. The van der Waals surface area contributed by atoms with E-state index < -0.39 is 0 Å². The fourth-order valence-corrected chi connectivity index (χ4v) is 2.15. The Balaban J connectivity index is 2.16. The minimum Gasteiger partial charge on any atom is -0.126 e. The first-order valence-electron chi connectivity index (χ1n) is 4.50. The van der Waals surface area contributed by atoms with Crippen LogP contribution in [0.2, 0.25) is 0 Å². The molecular formula is C10H17Cl. The van der Waals surface area contributed by atoms with Crippen LogP contribution in [0.4, 0.5) is 0 Å². The molecule has 1 heteroatoms. The highest BCUT2D eigenvalue weighted by atomic mass is 35.5. The molecule has 0 radical (unpaired) electrons. The van der Waals surface area contributed by atoms with Crippen molar-refractivity contribution >= 4 is 11.6 Å². The van der Waals surface area contributed by atoms with Gasteiger partial charge < -0.3 is 0 Å². The molecule has 0 aliphatic heterocycles. The third-order valence-electron chi connectivity index (χ3n) is 2.81. The summed E-state index contributed by atoms with van der Waals surface area (Å²) in [6.45, 7) is 3.72. The molecule has 1 saturated carbocycles. The molecule has 0 atom stereocenters. The van der Waals surface area contributed by atoms with Gasteiger partial charge in [-0.15, -0.1) is 18.2 Å². The number of alkyl halides is 1. The van der Waals surface area contributed by atoms with Crippen LogP contribution >= 0.6 is 11.6 Å². The summed E-state index contributed by atoms with van der Waals surface area (Å²) in [5, 5.41) is 0. The maximum atomic E-state index is 5.91. The molecule has 0 bridgehead atoms. The molecule has 11 heavy (non-hydrogen) atoms. The minimum absolute atomic E-state index is 0.532. The first-order valence-corrected chi connectivity index (χ1v) is 5.03. The molecule has 0 aromatic heterocycles. The molecular weight excluding hydrogens is 156 g/mol. The van der Waals surface area contributed by atoms with Crippen molar-refractivity contribution < 1.29 is 0 Å². The van der Waals surface area contributed by atoms with Crippen molar-refractivity contribution in [1.82, 2.24) is 0 Å². The van der Waals surface area contributed by atoms with Gasteiger partial charge in [0.2, 0.25) is 0 Å². The number of rotatable bonds is 5.